The SMILES string of the molecule is Oc1ccc(CC(O)C2(c3ccccc3)CCCC2)cc1. The van der Waals surface area contributed by atoms with E-state index < -0.39 is 0 Å². The Bertz CT molecular complexity index is 568. The molecule has 1 fully saturated rings. The number of aliphatic hydroxyl groups is 1. The molecule has 2 heteroatoms. The van der Waals surface area contributed by atoms with Gasteiger partial charge in [-0.1, -0.05) is 55.3 Å². The summed E-state index contributed by atoms with van der Waals surface area (Å²) in [6.45, 7) is 0. The highest BCUT2D eigenvalue weighted by Crippen LogP contribution is 2.44. The summed E-state index contributed by atoms with van der Waals surface area (Å²) < 4.78 is 0. The molecule has 2 aromatic carbocycles. The van der Waals surface area contributed by atoms with Crippen molar-refractivity contribution in [2.75, 3.05) is 0 Å². The predicted molar refractivity (Wildman–Crippen MR) is 84.4 cm³/mol. The first-order valence-electron chi connectivity index (χ1n) is 7.72. The summed E-state index contributed by atoms with van der Waals surface area (Å²) in [5.74, 6) is 0.270. The lowest BCUT2D eigenvalue weighted by molar-refractivity contribution is 0.0825. The van der Waals surface area contributed by atoms with E-state index in [4.69, 9.17) is 0 Å². The van der Waals surface area contributed by atoms with Crippen LogP contribution in [0.1, 0.15) is 36.8 Å². The molecule has 21 heavy (non-hydrogen) atoms. The van der Waals surface area contributed by atoms with Crippen LogP contribution in [0.3, 0.4) is 0 Å². The Balaban J connectivity index is 1.85. The summed E-state index contributed by atoms with van der Waals surface area (Å²) in [6.07, 6.45) is 4.72. The molecule has 0 amide bonds. The molecule has 2 aromatic rings. The van der Waals surface area contributed by atoms with Gasteiger partial charge in [0.25, 0.3) is 0 Å². The van der Waals surface area contributed by atoms with Gasteiger partial charge in [0.2, 0.25) is 0 Å². The van der Waals surface area contributed by atoms with Gasteiger partial charge in [-0.2, -0.15) is 0 Å². The highest BCUT2D eigenvalue weighted by atomic mass is 16.3. The molecule has 1 aliphatic carbocycles. The van der Waals surface area contributed by atoms with Crippen molar-refractivity contribution in [2.24, 2.45) is 0 Å². The molecule has 1 unspecified atom stereocenters. The summed E-state index contributed by atoms with van der Waals surface area (Å²) in [5.41, 5.74) is 2.22. The van der Waals surface area contributed by atoms with Gasteiger partial charge < -0.3 is 10.2 Å². The van der Waals surface area contributed by atoms with Crippen molar-refractivity contribution in [1.82, 2.24) is 0 Å². The molecular formula is C19H22O2. The molecule has 1 saturated carbocycles. The van der Waals surface area contributed by atoms with Crippen LogP contribution in [0.5, 0.6) is 5.75 Å². The molecule has 0 radical (unpaired) electrons. The van der Waals surface area contributed by atoms with Crippen molar-refractivity contribution in [2.45, 2.75) is 43.6 Å². The van der Waals surface area contributed by atoms with Crippen LogP contribution in [0.25, 0.3) is 0 Å². The fourth-order valence-electron chi connectivity index (χ4n) is 3.64. The van der Waals surface area contributed by atoms with E-state index in [1.54, 1.807) is 12.1 Å². The third kappa shape index (κ3) is 2.81. The molecule has 0 spiro atoms. The van der Waals surface area contributed by atoms with Crippen LogP contribution in [0.2, 0.25) is 0 Å². The minimum atomic E-state index is -0.382. The van der Waals surface area contributed by atoms with E-state index in [9.17, 15) is 10.2 Å². The summed E-state index contributed by atoms with van der Waals surface area (Å²) in [7, 11) is 0. The van der Waals surface area contributed by atoms with Gasteiger partial charge in [-0.05, 0) is 42.5 Å². The van der Waals surface area contributed by atoms with Crippen LogP contribution in [0.15, 0.2) is 54.6 Å². The molecule has 3 rings (SSSR count). The van der Waals surface area contributed by atoms with E-state index in [1.165, 1.54) is 18.4 Å². The summed E-state index contributed by atoms with van der Waals surface area (Å²) in [5, 5.41) is 20.3. The number of rotatable bonds is 4. The number of hydrogen-bond donors (Lipinski definition) is 2. The Morgan fingerprint density at radius 1 is 0.905 bits per heavy atom. The van der Waals surface area contributed by atoms with Gasteiger partial charge in [-0.25, -0.2) is 0 Å². The highest BCUT2D eigenvalue weighted by Gasteiger charge is 2.41. The zero-order valence-corrected chi connectivity index (χ0v) is 12.2. The van der Waals surface area contributed by atoms with E-state index in [1.807, 2.05) is 18.2 Å². The Hall–Kier alpha value is -1.80. The lowest BCUT2D eigenvalue weighted by Gasteiger charge is -2.35. The van der Waals surface area contributed by atoms with Crippen molar-refractivity contribution in [3.63, 3.8) is 0 Å². The number of hydrogen-bond acceptors (Lipinski definition) is 2. The zero-order chi connectivity index (χ0) is 14.7. The van der Waals surface area contributed by atoms with Crippen LogP contribution in [0.4, 0.5) is 0 Å². The second-order valence-electron chi connectivity index (χ2n) is 6.12. The van der Waals surface area contributed by atoms with Gasteiger partial charge in [-0.15, -0.1) is 0 Å². The number of aromatic hydroxyl groups is 1. The Labute approximate surface area is 126 Å². The lowest BCUT2D eigenvalue weighted by atomic mass is 9.72. The molecule has 1 atom stereocenters. The summed E-state index contributed by atoms with van der Waals surface area (Å²) in [6, 6.07) is 17.6. The molecule has 0 bridgehead atoms. The largest absolute Gasteiger partial charge is 0.508 e. The molecule has 0 aromatic heterocycles. The smallest absolute Gasteiger partial charge is 0.115 e. The topological polar surface area (TPSA) is 40.5 Å². The molecular weight excluding hydrogens is 260 g/mol. The van der Waals surface area contributed by atoms with E-state index >= 15 is 0 Å². The van der Waals surface area contributed by atoms with Gasteiger partial charge in [0, 0.05) is 5.41 Å². The van der Waals surface area contributed by atoms with Crippen LogP contribution < -0.4 is 0 Å². The summed E-state index contributed by atoms with van der Waals surface area (Å²) in [4.78, 5) is 0. The fraction of sp³-hybridized carbons (Fsp3) is 0.368. The van der Waals surface area contributed by atoms with Crippen molar-refractivity contribution in [3.8, 4) is 5.75 Å². The van der Waals surface area contributed by atoms with E-state index in [-0.39, 0.29) is 17.3 Å². The van der Waals surface area contributed by atoms with Gasteiger partial charge in [0.15, 0.2) is 0 Å². The van der Waals surface area contributed by atoms with Crippen LogP contribution in [-0.4, -0.2) is 16.3 Å². The minimum Gasteiger partial charge on any atom is -0.508 e. The highest BCUT2D eigenvalue weighted by molar-refractivity contribution is 5.31. The molecule has 0 saturated heterocycles. The normalized spacial score (nSPS) is 18.5. The molecule has 2 nitrogen and oxygen atoms in total. The molecule has 0 aliphatic heterocycles. The van der Waals surface area contributed by atoms with Crippen LogP contribution in [0, 0.1) is 0 Å². The predicted octanol–water partition coefficient (Wildman–Crippen LogP) is 3.81. The van der Waals surface area contributed by atoms with Crippen LogP contribution in [-0.2, 0) is 11.8 Å². The van der Waals surface area contributed by atoms with Gasteiger partial charge >= 0.3 is 0 Å². The van der Waals surface area contributed by atoms with Gasteiger partial charge in [-0.3, -0.25) is 0 Å². The van der Waals surface area contributed by atoms with Gasteiger partial charge in [0.1, 0.15) is 5.75 Å². The molecule has 2 N–H and O–H groups in total. The standard InChI is InChI=1S/C19H22O2/c20-17-10-8-15(9-11-17)14-18(21)19(12-4-5-13-19)16-6-2-1-3-7-16/h1-3,6-11,18,20-21H,4-5,12-14H2. The number of benzene rings is 2. The fourth-order valence-corrected chi connectivity index (χ4v) is 3.64. The maximum absolute atomic E-state index is 10.9. The maximum Gasteiger partial charge on any atom is 0.115 e. The first-order chi connectivity index (χ1) is 10.2. The number of phenolic OH excluding ortho intramolecular Hbond substituents is 1. The third-order valence-electron chi connectivity index (χ3n) is 4.85. The average Bonchev–Trinajstić information content (AvgIpc) is 3.01. The first-order valence-corrected chi connectivity index (χ1v) is 7.72. The number of aliphatic hydroxyl groups excluding tert-OH is 1. The lowest BCUT2D eigenvalue weighted by Crippen LogP contribution is -2.38. The second-order valence-corrected chi connectivity index (χ2v) is 6.12. The molecule has 110 valence electrons. The first kappa shape index (κ1) is 14.2. The molecule has 1 aliphatic rings. The minimum absolute atomic E-state index is 0.112. The average molecular weight is 282 g/mol. The van der Waals surface area contributed by atoms with E-state index in [0.717, 1.165) is 18.4 Å². The Morgan fingerprint density at radius 2 is 1.52 bits per heavy atom. The zero-order valence-electron chi connectivity index (χ0n) is 12.2. The Kier molecular flexibility index (Phi) is 3.98. The van der Waals surface area contributed by atoms with Crippen molar-refractivity contribution < 1.29 is 10.2 Å². The third-order valence-corrected chi connectivity index (χ3v) is 4.85. The van der Waals surface area contributed by atoms with Crippen molar-refractivity contribution >= 4 is 0 Å². The van der Waals surface area contributed by atoms with Gasteiger partial charge in [0.05, 0.1) is 6.10 Å². The van der Waals surface area contributed by atoms with Crippen molar-refractivity contribution in [3.05, 3.63) is 65.7 Å². The summed E-state index contributed by atoms with van der Waals surface area (Å²) >= 11 is 0. The maximum atomic E-state index is 10.9. The number of phenols is 1. The quantitative estimate of drug-likeness (QED) is 0.895. The van der Waals surface area contributed by atoms with E-state index in [2.05, 4.69) is 24.3 Å². The monoisotopic (exact) mass is 282 g/mol. The Morgan fingerprint density at radius 3 is 2.14 bits per heavy atom. The van der Waals surface area contributed by atoms with Crippen LogP contribution >= 0.6 is 0 Å². The second kappa shape index (κ2) is 5.90. The molecule has 0 heterocycles. The van der Waals surface area contributed by atoms with Crippen molar-refractivity contribution in [1.29, 1.82) is 0 Å². The van der Waals surface area contributed by atoms with E-state index in [0.29, 0.717) is 6.42 Å².